The van der Waals surface area contributed by atoms with Crippen molar-refractivity contribution in [3.05, 3.63) is 42.2 Å². The van der Waals surface area contributed by atoms with Crippen LogP contribution in [0.25, 0.3) is 0 Å². The number of aromatic nitrogens is 1. The largest absolute Gasteiger partial charge is 0.474 e. The van der Waals surface area contributed by atoms with Gasteiger partial charge in [0.25, 0.3) is 5.88 Å². The zero-order valence-corrected chi connectivity index (χ0v) is 12.1. The molecule has 1 aliphatic rings. The second kappa shape index (κ2) is 6.81. The number of hydrogen-bond acceptors (Lipinski definition) is 5. The Bertz CT molecular complexity index is 524. The summed E-state index contributed by atoms with van der Waals surface area (Å²) in [6.07, 6.45) is 2.40. The highest BCUT2D eigenvalue weighted by Crippen LogP contribution is 2.24. The second-order valence-electron chi connectivity index (χ2n) is 4.84. The van der Waals surface area contributed by atoms with Gasteiger partial charge in [-0.05, 0) is 36.7 Å². The van der Waals surface area contributed by atoms with Gasteiger partial charge < -0.3 is 14.6 Å². The standard InChI is InChI=1S/C15H18N2O2S/c1-2-6-14(7-3-1)20-11-13-9-15(17-19-13)18-10-12-5-4-8-16-12/h1-3,6-7,9,12,16H,4-5,8,10-11H2/t12-/m0/s1. The SMILES string of the molecule is c1ccc(SCc2cc(OC[C@@H]3CCCN3)no2)cc1. The monoisotopic (exact) mass is 290 g/mol. The van der Waals surface area contributed by atoms with Crippen molar-refractivity contribution < 1.29 is 9.26 Å². The summed E-state index contributed by atoms with van der Waals surface area (Å²) < 4.78 is 10.9. The maximum atomic E-state index is 5.65. The fourth-order valence-corrected chi connectivity index (χ4v) is 2.98. The maximum absolute atomic E-state index is 5.65. The van der Waals surface area contributed by atoms with E-state index in [4.69, 9.17) is 9.26 Å². The number of rotatable bonds is 6. The molecule has 3 rings (SSSR count). The minimum absolute atomic E-state index is 0.453. The molecule has 4 nitrogen and oxygen atoms in total. The summed E-state index contributed by atoms with van der Waals surface area (Å²) in [6, 6.07) is 12.6. The summed E-state index contributed by atoms with van der Waals surface area (Å²) in [5.41, 5.74) is 0. The Hall–Kier alpha value is -1.46. The normalized spacial score (nSPS) is 18.3. The van der Waals surface area contributed by atoms with Gasteiger partial charge in [-0.3, -0.25) is 0 Å². The van der Waals surface area contributed by atoms with Crippen molar-refractivity contribution in [2.75, 3.05) is 13.2 Å². The Kier molecular flexibility index (Phi) is 4.61. The van der Waals surface area contributed by atoms with Gasteiger partial charge in [-0.25, -0.2) is 0 Å². The summed E-state index contributed by atoms with van der Waals surface area (Å²) >= 11 is 1.73. The molecule has 1 saturated heterocycles. The number of nitrogens with one attached hydrogen (secondary N) is 1. The van der Waals surface area contributed by atoms with E-state index in [9.17, 15) is 0 Å². The van der Waals surface area contributed by atoms with E-state index in [0.29, 0.717) is 18.5 Å². The molecule has 1 N–H and O–H groups in total. The van der Waals surface area contributed by atoms with Crippen molar-refractivity contribution in [3.63, 3.8) is 0 Å². The third kappa shape index (κ3) is 3.77. The Morgan fingerprint density at radius 1 is 1.35 bits per heavy atom. The topological polar surface area (TPSA) is 47.3 Å². The molecule has 2 aromatic rings. The lowest BCUT2D eigenvalue weighted by Crippen LogP contribution is -2.28. The molecule has 20 heavy (non-hydrogen) atoms. The zero-order chi connectivity index (χ0) is 13.6. The van der Waals surface area contributed by atoms with Crippen LogP contribution in [0.4, 0.5) is 0 Å². The van der Waals surface area contributed by atoms with Crippen LogP contribution in [-0.4, -0.2) is 24.4 Å². The average Bonchev–Trinajstić information content (AvgIpc) is 3.16. The first-order chi connectivity index (χ1) is 9.90. The van der Waals surface area contributed by atoms with Gasteiger partial charge in [0.05, 0.1) is 5.75 Å². The first-order valence-electron chi connectivity index (χ1n) is 6.90. The van der Waals surface area contributed by atoms with Gasteiger partial charge in [0.2, 0.25) is 0 Å². The van der Waals surface area contributed by atoms with E-state index < -0.39 is 0 Å². The van der Waals surface area contributed by atoms with E-state index in [1.54, 1.807) is 11.8 Å². The third-order valence-corrected chi connectivity index (χ3v) is 4.29. The minimum Gasteiger partial charge on any atom is -0.474 e. The van der Waals surface area contributed by atoms with Crippen molar-refractivity contribution in [2.24, 2.45) is 0 Å². The molecular formula is C15H18N2O2S. The quantitative estimate of drug-likeness (QED) is 0.828. The van der Waals surface area contributed by atoms with Gasteiger partial charge in [-0.15, -0.1) is 11.8 Å². The van der Waals surface area contributed by atoms with E-state index in [0.717, 1.165) is 18.1 Å². The van der Waals surface area contributed by atoms with Crippen molar-refractivity contribution >= 4 is 11.8 Å². The van der Waals surface area contributed by atoms with Gasteiger partial charge in [0, 0.05) is 17.0 Å². The summed E-state index contributed by atoms with van der Waals surface area (Å²) in [5, 5.41) is 7.34. The van der Waals surface area contributed by atoms with Crippen molar-refractivity contribution in [3.8, 4) is 5.88 Å². The van der Waals surface area contributed by atoms with Crippen molar-refractivity contribution in [2.45, 2.75) is 29.5 Å². The number of nitrogens with zero attached hydrogens (tertiary/aromatic N) is 1. The smallest absolute Gasteiger partial charge is 0.254 e. The van der Waals surface area contributed by atoms with Gasteiger partial charge in [0.15, 0.2) is 5.76 Å². The summed E-state index contributed by atoms with van der Waals surface area (Å²) in [4.78, 5) is 1.22. The van der Waals surface area contributed by atoms with Gasteiger partial charge >= 0.3 is 0 Å². The zero-order valence-electron chi connectivity index (χ0n) is 11.2. The Labute approximate surface area is 122 Å². The summed E-state index contributed by atoms with van der Waals surface area (Å²) in [7, 11) is 0. The molecule has 2 heterocycles. The maximum Gasteiger partial charge on any atom is 0.254 e. The Balaban J connectivity index is 1.46. The molecule has 1 aromatic carbocycles. The lowest BCUT2D eigenvalue weighted by molar-refractivity contribution is 0.248. The Morgan fingerprint density at radius 2 is 2.25 bits per heavy atom. The molecule has 106 valence electrons. The number of hydrogen-bond donors (Lipinski definition) is 1. The van der Waals surface area contributed by atoms with E-state index in [-0.39, 0.29) is 0 Å². The first-order valence-corrected chi connectivity index (χ1v) is 7.88. The molecule has 1 fully saturated rings. The predicted molar refractivity (Wildman–Crippen MR) is 79.0 cm³/mol. The van der Waals surface area contributed by atoms with E-state index >= 15 is 0 Å². The molecule has 0 radical (unpaired) electrons. The highest BCUT2D eigenvalue weighted by Gasteiger charge is 2.15. The molecule has 1 aromatic heterocycles. The molecule has 0 bridgehead atoms. The van der Waals surface area contributed by atoms with Crippen LogP contribution in [-0.2, 0) is 5.75 Å². The number of ether oxygens (including phenoxy) is 1. The van der Waals surface area contributed by atoms with Crippen LogP contribution >= 0.6 is 11.8 Å². The van der Waals surface area contributed by atoms with Crippen LogP contribution in [0.2, 0.25) is 0 Å². The minimum atomic E-state index is 0.453. The molecule has 0 unspecified atom stereocenters. The van der Waals surface area contributed by atoms with Gasteiger partial charge in [-0.1, -0.05) is 18.2 Å². The fourth-order valence-electron chi connectivity index (χ4n) is 2.19. The van der Waals surface area contributed by atoms with Crippen LogP contribution in [0.1, 0.15) is 18.6 Å². The van der Waals surface area contributed by atoms with E-state index in [1.807, 2.05) is 24.3 Å². The van der Waals surface area contributed by atoms with Crippen LogP contribution < -0.4 is 10.1 Å². The predicted octanol–water partition coefficient (Wildman–Crippen LogP) is 3.10. The van der Waals surface area contributed by atoms with Crippen LogP contribution in [0.15, 0.2) is 45.8 Å². The first kappa shape index (κ1) is 13.5. The third-order valence-electron chi connectivity index (χ3n) is 3.26. The summed E-state index contributed by atoms with van der Waals surface area (Å²) in [6.45, 7) is 1.75. The summed E-state index contributed by atoms with van der Waals surface area (Å²) in [5.74, 6) is 2.19. The van der Waals surface area contributed by atoms with Crippen molar-refractivity contribution in [1.29, 1.82) is 0 Å². The van der Waals surface area contributed by atoms with Gasteiger partial charge in [0.1, 0.15) is 6.61 Å². The highest BCUT2D eigenvalue weighted by molar-refractivity contribution is 7.98. The molecule has 5 heteroatoms. The molecule has 0 amide bonds. The second-order valence-corrected chi connectivity index (χ2v) is 5.89. The lowest BCUT2D eigenvalue weighted by atomic mass is 10.2. The van der Waals surface area contributed by atoms with Gasteiger partial charge in [-0.2, -0.15) is 0 Å². The molecule has 1 atom stereocenters. The van der Waals surface area contributed by atoms with Crippen molar-refractivity contribution in [1.82, 2.24) is 10.5 Å². The molecule has 0 saturated carbocycles. The fraction of sp³-hybridized carbons (Fsp3) is 0.400. The molecule has 0 spiro atoms. The van der Waals surface area contributed by atoms with Crippen LogP contribution in [0.3, 0.4) is 0 Å². The Morgan fingerprint density at radius 3 is 3.05 bits per heavy atom. The number of thioether (sulfide) groups is 1. The van der Waals surface area contributed by atoms with E-state index in [2.05, 4.69) is 22.6 Å². The van der Waals surface area contributed by atoms with Crippen LogP contribution in [0.5, 0.6) is 5.88 Å². The average molecular weight is 290 g/mol. The van der Waals surface area contributed by atoms with Crippen LogP contribution in [0, 0.1) is 0 Å². The number of benzene rings is 1. The molecule has 0 aliphatic carbocycles. The molecular weight excluding hydrogens is 272 g/mol. The molecule has 1 aliphatic heterocycles. The van der Waals surface area contributed by atoms with E-state index in [1.165, 1.54) is 17.7 Å². The highest BCUT2D eigenvalue weighted by atomic mass is 32.2. The lowest BCUT2D eigenvalue weighted by Gasteiger charge is -2.08.